The zero-order chi connectivity index (χ0) is 13.2. The first-order valence-corrected chi connectivity index (χ1v) is 7.16. The highest BCUT2D eigenvalue weighted by molar-refractivity contribution is 9.10. The molecular weight excluding hydrogens is 312 g/mol. The fourth-order valence-electron chi connectivity index (χ4n) is 2.52. The summed E-state index contributed by atoms with van der Waals surface area (Å²) in [6.07, 6.45) is 4.32. The molecule has 1 aromatic rings. The van der Waals surface area contributed by atoms with Crippen molar-refractivity contribution in [1.82, 2.24) is 14.9 Å². The van der Waals surface area contributed by atoms with Crippen LogP contribution in [0.25, 0.3) is 0 Å². The fraction of sp³-hybridized carbons (Fsp3) is 0.583. The van der Waals surface area contributed by atoms with Gasteiger partial charge < -0.3 is 9.64 Å². The molecule has 0 spiro atoms. The quantitative estimate of drug-likeness (QED) is 0.745. The van der Waals surface area contributed by atoms with Crippen LogP contribution in [0.3, 0.4) is 0 Å². The highest BCUT2D eigenvalue weighted by Crippen LogP contribution is 2.18. The van der Waals surface area contributed by atoms with Crippen LogP contribution in [-0.4, -0.2) is 59.7 Å². The van der Waals surface area contributed by atoms with Crippen molar-refractivity contribution in [2.24, 2.45) is 0 Å². The Labute approximate surface area is 119 Å². The van der Waals surface area contributed by atoms with Gasteiger partial charge in [-0.05, 0) is 15.9 Å². The number of piperazine rings is 1. The molecule has 6 nitrogen and oxygen atoms in total. The van der Waals surface area contributed by atoms with Crippen LogP contribution in [-0.2, 0) is 9.53 Å². The lowest BCUT2D eigenvalue weighted by molar-refractivity contribution is -0.142. The molecule has 1 unspecified atom stereocenters. The van der Waals surface area contributed by atoms with E-state index < -0.39 is 0 Å². The third-order valence-corrected chi connectivity index (χ3v) is 3.96. The Balaban J connectivity index is 1.60. The number of esters is 1. The van der Waals surface area contributed by atoms with Crippen LogP contribution in [0.1, 0.15) is 6.42 Å². The Morgan fingerprint density at radius 1 is 1.21 bits per heavy atom. The van der Waals surface area contributed by atoms with E-state index in [1.807, 2.05) is 0 Å². The molecule has 0 aliphatic carbocycles. The van der Waals surface area contributed by atoms with Crippen molar-refractivity contribution in [1.29, 1.82) is 0 Å². The predicted octanol–water partition coefficient (Wildman–Crippen LogP) is 0.677. The molecule has 3 heterocycles. The Hall–Kier alpha value is -1.21. The molecule has 1 atom stereocenters. The van der Waals surface area contributed by atoms with Gasteiger partial charge in [-0.2, -0.15) is 0 Å². The standard InChI is InChI=1S/C12H15BrN4O2/c13-9-7-14-12(15-8-9)17-4-2-16(3-5-17)10-1-6-19-11(10)18/h7-8,10H,1-6H2. The van der Waals surface area contributed by atoms with Crippen molar-refractivity contribution in [2.45, 2.75) is 12.5 Å². The van der Waals surface area contributed by atoms with Gasteiger partial charge >= 0.3 is 5.97 Å². The van der Waals surface area contributed by atoms with E-state index in [2.05, 4.69) is 35.7 Å². The second-order valence-corrected chi connectivity index (χ2v) is 5.61. The van der Waals surface area contributed by atoms with Gasteiger partial charge in [0.15, 0.2) is 0 Å². The van der Waals surface area contributed by atoms with Crippen LogP contribution < -0.4 is 4.90 Å². The van der Waals surface area contributed by atoms with Crippen LogP contribution in [0.2, 0.25) is 0 Å². The molecule has 0 bridgehead atoms. The van der Waals surface area contributed by atoms with Crippen molar-refractivity contribution in [3.63, 3.8) is 0 Å². The molecule has 3 rings (SSSR count). The summed E-state index contributed by atoms with van der Waals surface area (Å²) in [4.78, 5) is 24.5. The van der Waals surface area contributed by atoms with Crippen molar-refractivity contribution in [3.8, 4) is 0 Å². The van der Waals surface area contributed by atoms with E-state index in [0.29, 0.717) is 6.61 Å². The maximum atomic E-state index is 11.6. The molecular formula is C12H15BrN4O2. The van der Waals surface area contributed by atoms with Gasteiger partial charge in [-0.25, -0.2) is 9.97 Å². The van der Waals surface area contributed by atoms with E-state index in [0.717, 1.165) is 43.0 Å². The van der Waals surface area contributed by atoms with Crippen LogP contribution in [0.15, 0.2) is 16.9 Å². The summed E-state index contributed by atoms with van der Waals surface area (Å²) in [6.45, 7) is 3.93. The summed E-state index contributed by atoms with van der Waals surface area (Å²) >= 11 is 3.33. The predicted molar refractivity (Wildman–Crippen MR) is 72.9 cm³/mol. The summed E-state index contributed by atoms with van der Waals surface area (Å²) in [5, 5.41) is 0. The van der Waals surface area contributed by atoms with E-state index in [9.17, 15) is 4.79 Å². The van der Waals surface area contributed by atoms with Crippen LogP contribution in [0.5, 0.6) is 0 Å². The smallest absolute Gasteiger partial charge is 0.323 e. The minimum Gasteiger partial charge on any atom is -0.464 e. The largest absolute Gasteiger partial charge is 0.464 e. The second kappa shape index (κ2) is 5.42. The Morgan fingerprint density at radius 3 is 2.47 bits per heavy atom. The second-order valence-electron chi connectivity index (χ2n) is 4.70. The first-order chi connectivity index (χ1) is 9.24. The number of rotatable bonds is 2. The van der Waals surface area contributed by atoms with Gasteiger partial charge in [0.1, 0.15) is 6.04 Å². The van der Waals surface area contributed by atoms with Gasteiger partial charge in [-0.3, -0.25) is 9.69 Å². The van der Waals surface area contributed by atoms with Gasteiger partial charge in [0.25, 0.3) is 0 Å². The molecule has 0 amide bonds. The number of hydrogen-bond acceptors (Lipinski definition) is 6. The Kier molecular flexibility index (Phi) is 3.65. The van der Waals surface area contributed by atoms with E-state index in [1.54, 1.807) is 12.4 Å². The molecule has 1 aromatic heterocycles. The highest BCUT2D eigenvalue weighted by atomic mass is 79.9. The molecule has 2 aliphatic rings. The summed E-state index contributed by atoms with van der Waals surface area (Å²) < 4.78 is 5.90. The molecule has 0 saturated carbocycles. The topological polar surface area (TPSA) is 58.6 Å². The number of halogens is 1. The van der Waals surface area contributed by atoms with Gasteiger partial charge in [0.2, 0.25) is 5.95 Å². The molecule has 7 heteroatoms. The van der Waals surface area contributed by atoms with Crippen molar-refractivity contribution < 1.29 is 9.53 Å². The summed E-state index contributed by atoms with van der Waals surface area (Å²) in [5.41, 5.74) is 0. The monoisotopic (exact) mass is 326 g/mol. The molecule has 2 fully saturated rings. The minimum atomic E-state index is -0.0756. The molecule has 19 heavy (non-hydrogen) atoms. The normalized spacial score (nSPS) is 24.6. The highest BCUT2D eigenvalue weighted by Gasteiger charge is 2.34. The van der Waals surface area contributed by atoms with Crippen LogP contribution >= 0.6 is 15.9 Å². The van der Waals surface area contributed by atoms with Gasteiger partial charge in [-0.15, -0.1) is 0 Å². The minimum absolute atomic E-state index is 0.0482. The fourth-order valence-corrected chi connectivity index (χ4v) is 2.72. The number of hydrogen-bond donors (Lipinski definition) is 0. The zero-order valence-electron chi connectivity index (χ0n) is 10.5. The average molecular weight is 327 g/mol. The molecule has 0 radical (unpaired) electrons. The lowest BCUT2D eigenvalue weighted by Gasteiger charge is -2.36. The number of nitrogens with zero attached hydrogens (tertiary/aromatic N) is 4. The van der Waals surface area contributed by atoms with E-state index >= 15 is 0 Å². The third-order valence-electron chi connectivity index (χ3n) is 3.55. The van der Waals surface area contributed by atoms with E-state index in [-0.39, 0.29) is 12.0 Å². The van der Waals surface area contributed by atoms with Crippen molar-refractivity contribution in [2.75, 3.05) is 37.7 Å². The lowest BCUT2D eigenvalue weighted by Crippen LogP contribution is -2.52. The number of aromatic nitrogens is 2. The first-order valence-electron chi connectivity index (χ1n) is 6.37. The maximum Gasteiger partial charge on any atom is 0.323 e. The number of carbonyl (C=O) groups is 1. The van der Waals surface area contributed by atoms with E-state index in [1.165, 1.54) is 0 Å². The van der Waals surface area contributed by atoms with Crippen molar-refractivity contribution >= 4 is 27.8 Å². The van der Waals surface area contributed by atoms with Crippen LogP contribution in [0.4, 0.5) is 5.95 Å². The average Bonchev–Trinajstić information content (AvgIpc) is 2.86. The summed E-state index contributed by atoms with van der Waals surface area (Å²) in [6, 6.07) is -0.0482. The Morgan fingerprint density at radius 2 is 1.89 bits per heavy atom. The number of carbonyl (C=O) groups excluding carboxylic acids is 1. The number of anilines is 1. The van der Waals surface area contributed by atoms with Gasteiger partial charge in [0, 0.05) is 45.0 Å². The van der Waals surface area contributed by atoms with Gasteiger partial charge in [-0.1, -0.05) is 0 Å². The Bertz CT molecular complexity index is 459. The van der Waals surface area contributed by atoms with E-state index in [4.69, 9.17) is 4.74 Å². The molecule has 2 aliphatic heterocycles. The summed E-state index contributed by atoms with van der Waals surface area (Å²) in [5.74, 6) is 0.671. The number of ether oxygens (including phenoxy) is 1. The molecule has 102 valence electrons. The van der Waals surface area contributed by atoms with Gasteiger partial charge in [0.05, 0.1) is 11.1 Å². The summed E-state index contributed by atoms with van der Waals surface area (Å²) in [7, 11) is 0. The molecule has 0 N–H and O–H groups in total. The first kappa shape index (κ1) is 12.8. The maximum absolute atomic E-state index is 11.6. The van der Waals surface area contributed by atoms with Crippen LogP contribution in [0, 0.1) is 0 Å². The molecule has 0 aromatic carbocycles. The zero-order valence-corrected chi connectivity index (χ0v) is 12.0. The molecule has 2 saturated heterocycles. The lowest BCUT2D eigenvalue weighted by atomic mass is 10.2. The third kappa shape index (κ3) is 2.71. The number of cyclic esters (lactones) is 1. The SMILES string of the molecule is O=C1OCCC1N1CCN(c2ncc(Br)cn2)CC1. The van der Waals surface area contributed by atoms with Crippen molar-refractivity contribution in [3.05, 3.63) is 16.9 Å².